The molecule has 6 nitrogen and oxygen atoms in total. The third-order valence-electron chi connectivity index (χ3n) is 4.37. The molecule has 0 aliphatic carbocycles. The van der Waals surface area contributed by atoms with Crippen molar-refractivity contribution in [3.63, 3.8) is 0 Å². The summed E-state index contributed by atoms with van der Waals surface area (Å²) < 4.78 is 15.4. The second kappa shape index (κ2) is 8.40. The van der Waals surface area contributed by atoms with Gasteiger partial charge in [0, 0.05) is 5.69 Å². The van der Waals surface area contributed by atoms with E-state index in [1.165, 1.54) is 24.2 Å². The number of anilines is 1. The summed E-state index contributed by atoms with van der Waals surface area (Å²) in [4.78, 5) is 20.9. The van der Waals surface area contributed by atoms with Gasteiger partial charge in [0.15, 0.2) is 5.65 Å². The smallest absolute Gasteiger partial charge is 0.234 e. The van der Waals surface area contributed by atoms with Gasteiger partial charge in [-0.2, -0.15) is 5.10 Å². The molecule has 0 radical (unpaired) electrons. The van der Waals surface area contributed by atoms with E-state index in [9.17, 15) is 9.18 Å². The molecule has 29 heavy (non-hydrogen) atoms. The highest BCUT2D eigenvalue weighted by molar-refractivity contribution is 8.00. The Morgan fingerprint density at radius 3 is 2.79 bits per heavy atom. The third kappa shape index (κ3) is 4.43. The third-order valence-corrected chi connectivity index (χ3v) is 5.37. The zero-order chi connectivity index (χ0) is 20.2. The highest BCUT2D eigenvalue weighted by atomic mass is 32.2. The molecule has 2 aromatic heterocycles. The van der Waals surface area contributed by atoms with Gasteiger partial charge >= 0.3 is 0 Å². The number of hydrogen-bond acceptors (Lipinski definition) is 5. The summed E-state index contributed by atoms with van der Waals surface area (Å²) >= 11 is 1.29. The summed E-state index contributed by atoms with van der Waals surface area (Å²) in [5, 5.41) is 8.60. The number of nitrogens with zero attached hydrogens (tertiary/aromatic N) is 4. The molecular weight excluding hydrogens is 389 g/mol. The first-order valence-electron chi connectivity index (χ1n) is 8.99. The number of carbonyl (C=O) groups excluding carboxylic acids is 1. The lowest BCUT2D eigenvalue weighted by atomic mass is 10.2. The Kier molecular flexibility index (Phi) is 5.53. The number of benzene rings is 2. The predicted octanol–water partition coefficient (Wildman–Crippen LogP) is 4.05. The number of amides is 1. The maximum absolute atomic E-state index is 13.6. The van der Waals surface area contributed by atoms with Crippen LogP contribution in [0.1, 0.15) is 11.1 Å². The lowest BCUT2D eigenvalue weighted by Gasteiger charge is -2.07. The summed E-state index contributed by atoms with van der Waals surface area (Å²) in [5.41, 5.74) is 2.80. The molecule has 4 aromatic rings. The van der Waals surface area contributed by atoms with Gasteiger partial charge in [-0.3, -0.25) is 4.79 Å². The average Bonchev–Trinajstić information content (AvgIpc) is 3.13. The van der Waals surface area contributed by atoms with Crippen LogP contribution in [0.2, 0.25) is 0 Å². The maximum Gasteiger partial charge on any atom is 0.234 e. The normalized spacial score (nSPS) is 11.0. The van der Waals surface area contributed by atoms with Gasteiger partial charge in [-0.05, 0) is 30.2 Å². The van der Waals surface area contributed by atoms with Crippen LogP contribution in [0.25, 0.3) is 11.0 Å². The van der Waals surface area contributed by atoms with Crippen LogP contribution in [0.4, 0.5) is 10.1 Å². The number of carbonyl (C=O) groups is 1. The molecule has 146 valence electrons. The van der Waals surface area contributed by atoms with Crippen molar-refractivity contribution in [2.75, 3.05) is 11.1 Å². The molecule has 0 atom stereocenters. The minimum absolute atomic E-state index is 0.144. The number of thioether (sulfide) groups is 1. The molecule has 0 saturated heterocycles. The van der Waals surface area contributed by atoms with Crippen LogP contribution in [0, 0.1) is 12.7 Å². The van der Waals surface area contributed by atoms with Gasteiger partial charge in [0.1, 0.15) is 17.2 Å². The van der Waals surface area contributed by atoms with Crippen molar-refractivity contribution in [3.05, 3.63) is 78.0 Å². The van der Waals surface area contributed by atoms with E-state index in [1.807, 2.05) is 35.0 Å². The van der Waals surface area contributed by atoms with Gasteiger partial charge in [0.2, 0.25) is 5.91 Å². The molecule has 2 aromatic carbocycles. The fourth-order valence-electron chi connectivity index (χ4n) is 2.86. The summed E-state index contributed by atoms with van der Waals surface area (Å²) in [6.45, 7) is 2.28. The molecule has 4 rings (SSSR count). The first kappa shape index (κ1) is 19.1. The van der Waals surface area contributed by atoms with E-state index in [4.69, 9.17) is 0 Å². The number of hydrogen-bond donors (Lipinski definition) is 1. The Bertz CT molecular complexity index is 1160. The number of fused-ring (bicyclic) bond motifs is 1. The number of nitrogens with one attached hydrogen (secondary N) is 1. The van der Waals surface area contributed by atoms with Crippen molar-refractivity contribution < 1.29 is 9.18 Å². The molecule has 0 saturated carbocycles. The van der Waals surface area contributed by atoms with E-state index in [2.05, 4.69) is 20.4 Å². The standard InChI is InChI=1S/C21H18FN5OS/c1-14-7-8-16(9-18(14)22)26-19(28)12-29-21-17-10-25-27(20(17)23-13-24-21)11-15-5-3-2-4-6-15/h2-10,13H,11-12H2,1H3,(H,26,28). The molecule has 0 fully saturated rings. The van der Waals surface area contributed by atoms with Gasteiger partial charge in [-0.15, -0.1) is 0 Å². The highest BCUT2D eigenvalue weighted by Gasteiger charge is 2.13. The fraction of sp³-hybridized carbons (Fsp3) is 0.143. The quantitative estimate of drug-likeness (QED) is 0.386. The lowest BCUT2D eigenvalue weighted by Crippen LogP contribution is -2.14. The van der Waals surface area contributed by atoms with Crippen LogP contribution in [0.5, 0.6) is 0 Å². The Morgan fingerprint density at radius 1 is 1.17 bits per heavy atom. The molecule has 0 aliphatic rings. The van der Waals surface area contributed by atoms with E-state index in [-0.39, 0.29) is 17.5 Å². The van der Waals surface area contributed by atoms with Crippen LogP contribution in [0.15, 0.2) is 66.1 Å². The predicted molar refractivity (Wildman–Crippen MR) is 111 cm³/mol. The molecule has 0 unspecified atom stereocenters. The van der Waals surface area contributed by atoms with Crippen molar-refractivity contribution in [2.24, 2.45) is 0 Å². The van der Waals surface area contributed by atoms with Crippen molar-refractivity contribution in [3.8, 4) is 0 Å². The summed E-state index contributed by atoms with van der Waals surface area (Å²) in [7, 11) is 0. The summed E-state index contributed by atoms with van der Waals surface area (Å²) in [6, 6.07) is 14.6. The first-order valence-corrected chi connectivity index (χ1v) is 9.98. The summed E-state index contributed by atoms with van der Waals surface area (Å²) in [6.07, 6.45) is 3.19. The van der Waals surface area contributed by atoms with Crippen molar-refractivity contribution in [1.29, 1.82) is 0 Å². The average molecular weight is 407 g/mol. The number of aromatic nitrogens is 4. The van der Waals surface area contributed by atoms with Crippen molar-refractivity contribution in [1.82, 2.24) is 19.7 Å². The van der Waals surface area contributed by atoms with Gasteiger partial charge < -0.3 is 5.32 Å². The number of halogens is 1. The molecule has 0 spiro atoms. The highest BCUT2D eigenvalue weighted by Crippen LogP contribution is 2.25. The zero-order valence-electron chi connectivity index (χ0n) is 15.7. The van der Waals surface area contributed by atoms with Gasteiger partial charge in [-0.1, -0.05) is 48.2 Å². The van der Waals surface area contributed by atoms with E-state index in [1.54, 1.807) is 25.3 Å². The Balaban J connectivity index is 1.45. The minimum atomic E-state index is -0.348. The van der Waals surface area contributed by atoms with Gasteiger partial charge in [-0.25, -0.2) is 19.0 Å². The maximum atomic E-state index is 13.6. The van der Waals surface area contributed by atoms with E-state index >= 15 is 0 Å². The fourth-order valence-corrected chi connectivity index (χ4v) is 3.62. The van der Waals surface area contributed by atoms with Gasteiger partial charge in [0.25, 0.3) is 0 Å². The second-order valence-corrected chi connectivity index (χ2v) is 7.47. The van der Waals surface area contributed by atoms with Crippen LogP contribution < -0.4 is 5.32 Å². The molecule has 0 aliphatic heterocycles. The molecule has 0 bridgehead atoms. The molecule has 1 amide bonds. The van der Waals surface area contributed by atoms with Gasteiger partial charge in [0.05, 0.1) is 23.9 Å². The number of aryl methyl sites for hydroxylation is 1. The largest absolute Gasteiger partial charge is 0.325 e. The van der Waals surface area contributed by atoms with E-state index in [0.29, 0.717) is 28.5 Å². The number of rotatable bonds is 6. The van der Waals surface area contributed by atoms with Crippen molar-refractivity contribution >= 4 is 34.4 Å². The van der Waals surface area contributed by atoms with Crippen LogP contribution >= 0.6 is 11.8 Å². The molecule has 1 N–H and O–H groups in total. The van der Waals surface area contributed by atoms with Crippen LogP contribution in [-0.2, 0) is 11.3 Å². The Labute approximate surface area is 171 Å². The molecular formula is C21H18FN5OS. The monoisotopic (exact) mass is 407 g/mol. The minimum Gasteiger partial charge on any atom is -0.325 e. The second-order valence-electron chi connectivity index (χ2n) is 6.50. The van der Waals surface area contributed by atoms with Crippen LogP contribution in [0.3, 0.4) is 0 Å². The SMILES string of the molecule is Cc1ccc(NC(=O)CSc2ncnc3c2cnn3Cc2ccccc2)cc1F. The zero-order valence-corrected chi connectivity index (χ0v) is 16.5. The molecule has 2 heterocycles. The topological polar surface area (TPSA) is 72.7 Å². The summed E-state index contributed by atoms with van der Waals surface area (Å²) in [5.74, 6) is -0.439. The van der Waals surface area contributed by atoms with E-state index in [0.717, 1.165) is 10.9 Å². The van der Waals surface area contributed by atoms with Crippen molar-refractivity contribution in [2.45, 2.75) is 18.5 Å². The molecule has 8 heteroatoms. The Morgan fingerprint density at radius 2 is 2.00 bits per heavy atom. The van der Waals surface area contributed by atoms with Crippen LogP contribution in [-0.4, -0.2) is 31.4 Å². The lowest BCUT2D eigenvalue weighted by molar-refractivity contribution is -0.113. The van der Waals surface area contributed by atoms with E-state index < -0.39 is 0 Å². The Hall–Kier alpha value is -3.26. The first-order chi connectivity index (χ1) is 14.1.